The summed E-state index contributed by atoms with van der Waals surface area (Å²) in [4.78, 5) is 13.7. The Hall–Kier alpha value is -1.78. The van der Waals surface area contributed by atoms with Crippen molar-refractivity contribution in [2.24, 2.45) is 0 Å². The molecule has 1 amide bonds. The highest BCUT2D eigenvalue weighted by Gasteiger charge is 2.27. The van der Waals surface area contributed by atoms with Gasteiger partial charge >= 0.3 is 0 Å². The van der Waals surface area contributed by atoms with Crippen molar-refractivity contribution in [3.63, 3.8) is 0 Å². The van der Waals surface area contributed by atoms with Gasteiger partial charge in [-0.2, -0.15) is 4.31 Å². The maximum absolute atomic E-state index is 13.0. The van der Waals surface area contributed by atoms with E-state index in [9.17, 15) is 13.2 Å². The van der Waals surface area contributed by atoms with Crippen LogP contribution in [-0.4, -0.2) is 56.8 Å². The molecule has 0 bridgehead atoms. The monoisotopic (exact) mass is 498 g/mol. The van der Waals surface area contributed by atoms with Gasteiger partial charge in [-0.25, -0.2) is 8.42 Å². The van der Waals surface area contributed by atoms with Crippen LogP contribution in [0.4, 0.5) is 5.69 Å². The lowest BCUT2D eigenvalue weighted by Crippen LogP contribution is -2.40. The molecule has 0 spiro atoms. The molecule has 7 nitrogen and oxygen atoms in total. The summed E-state index contributed by atoms with van der Waals surface area (Å²) in [6.45, 7) is 5.07. The van der Waals surface area contributed by atoms with Gasteiger partial charge in [0.1, 0.15) is 5.75 Å². The van der Waals surface area contributed by atoms with Gasteiger partial charge in [-0.3, -0.25) is 4.79 Å². The first-order valence-electron chi connectivity index (χ1n) is 10.3. The smallest absolute Gasteiger partial charge is 0.243 e. The van der Waals surface area contributed by atoms with Crippen molar-refractivity contribution in [3.05, 3.63) is 47.5 Å². The average molecular weight is 499 g/mol. The standard InChI is InChI=1S/C22H27ClN2O5S2/c1-16(2)30-21-8-7-19(32(27,28)25-10-12-29-13-11-25)15-20(21)24-22(26)9-14-31-18-5-3-17(23)4-6-18/h3-8,15-16H,9-14H2,1-2H3,(H,24,26). The molecule has 1 heterocycles. The number of carbonyl (C=O) groups excluding carboxylic acids is 1. The largest absolute Gasteiger partial charge is 0.489 e. The summed E-state index contributed by atoms with van der Waals surface area (Å²) < 4.78 is 38.5. The van der Waals surface area contributed by atoms with E-state index in [1.54, 1.807) is 30.0 Å². The zero-order valence-corrected chi connectivity index (χ0v) is 20.4. The third kappa shape index (κ3) is 6.86. The predicted molar refractivity (Wildman–Crippen MR) is 127 cm³/mol. The van der Waals surface area contributed by atoms with Gasteiger partial charge in [-0.1, -0.05) is 11.6 Å². The van der Waals surface area contributed by atoms with E-state index >= 15 is 0 Å². The summed E-state index contributed by atoms with van der Waals surface area (Å²) in [7, 11) is -3.69. The van der Waals surface area contributed by atoms with Crippen LogP contribution < -0.4 is 10.1 Å². The van der Waals surface area contributed by atoms with Crippen LogP contribution in [0.2, 0.25) is 5.02 Å². The van der Waals surface area contributed by atoms with Gasteiger partial charge in [0.05, 0.1) is 29.9 Å². The lowest BCUT2D eigenvalue weighted by Gasteiger charge is -2.26. The minimum Gasteiger partial charge on any atom is -0.489 e. The van der Waals surface area contributed by atoms with Crippen molar-refractivity contribution in [3.8, 4) is 5.75 Å². The number of anilines is 1. The van der Waals surface area contributed by atoms with E-state index in [1.807, 2.05) is 26.0 Å². The number of amides is 1. The fourth-order valence-electron chi connectivity index (χ4n) is 3.07. The zero-order chi connectivity index (χ0) is 23.1. The van der Waals surface area contributed by atoms with Crippen molar-refractivity contribution in [2.45, 2.75) is 36.2 Å². The average Bonchev–Trinajstić information content (AvgIpc) is 2.76. The molecule has 0 saturated carbocycles. The van der Waals surface area contributed by atoms with Gasteiger partial charge in [-0.05, 0) is 56.3 Å². The number of sulfonamides is 1. The molecule has 1 saturated heterocycles. The van der Waals surface area contributed by atoms with Gasteiger partial charge in [0.25, 0.3) is 0 Å². The van der Waals surface area contributed by atoms with Crippen molar-refractivity contribution in [1.29, 1.82) is 0 Å². The first kappa shape index (κ1) is 24.9. The minimum absolute atomic E-state index is 0.112. The number of ether oxygens (including phenoxy) is 2. The first-order chi connectivity index (χ1) is 15.3. The normalized spacial score (nSPS) is 15.0. The number of nitrogens with zero attached hydrogens (tertiary/aromatic N) is 1. The molecule has 0 atom stereocenters. The molecular weight excluding hydrogens is 472 g/mol. The quantitative estimate of drug-likeness (QED) is 0.520. The molecule has 1 fully saturated rings. The summed E-state index contributed by atoms with van der Waals surface area (Å²) in [6, 6.07) is 12.0. The van der Waals surface area contributed by atoms with E-state index in [0.717, 1.165) is 4.90 Å². The molecule has 0 radical (unpaired) electrons. The number of nitrogens with one attached hydrogen (secondary N) is 1. The minimum atomic E-state index is -3.69. The van der Waals surface area contributed by atoms with Crippen LogP contribution in [0.15, 0.2) is 52.3 Å². The Morgan fingerprint density at radius 3 is 2.53 bits per heavy atom. The van der Waals surface area contributed by atoms with Crippen LogP contribution >= 0.6 is 23.4 Å². The summed E-state index contributed by atoms with van der Waals surface area (Å²) in [5.74, 6) is 0.778. The van der Waals surface area contributed by atoms with Crippen LogP contribution in [0.1, 0.15) is 20.3 Å². The summed E-state index contributed by atoms with van der Waals surface area (Å²) >= 11 is 7.44. The number of halogens is 1. The van der Waals surface area contributed by atoms with Crippen LogP contribution in [-0.2, 0) is 19.6 Å². The zero-order valence-electron chi connectivity index (χ0n) is 18.0. The van der Waals surface area contributed by atoms with E-state index in [-0.39, 0.29) is 23.3 Å². The fourth-order valence-corrected chi connectivity index (χ4v) is 5.48. The number of benzene rings is 2. The van der Waals surface area contributed by atoms with Crippen LogP contribution in [0.25, 0.3) is 0 Å². The molecule has 174 valence electrons. The molecule has 2 aromatic carbocycles. The van der Waals surface area contributed by atoms with E-state index in [4.69, 9.17) is 21.1 Å². The van der Waals surface area contributed by atoms with Crippen LogP contribution in [0, 0.1) is 0 Å². The summed E-state index contributed by atoms with van der Waals surface area (Å²) in [5.41, 5.74) is 0.342. The third-order valence-electron chi connectivity index (χ3n) is 4.61. The second-order valence-corrected chi connectivity index (χ2v) is 11.0. The number of morpholine rings is 1. The second kappa shape index (κ2) is 11.4. The van der Waals surface area contributed by atoms with Gasteiger partial charge in [-0.15, -0.1) is 11.8 Å². The van der Waals surface area contributed by atoms with Gasteiger partial charge in [0.2, 0.25) is 15.9 Å². The molecule has 1 N–H and O–H groups in total. The Labute approximate surface area is 198 Å². The number of hydrogen-bond acceptors (Lipinski definition) is 6. The van der Waals surface area contributed by atoms with Crippen molar-refractivity contribution >= 4 is 45.0 Å². The number of hydrogen-bond donors (Lipinski definition) is 1. The molecule has 1 aliphatic heterocycles. The predicted octanol–water partition coefficient (Wildman–Crippen LogP) is 4.27. The Kier molecular flexibility index (Phi) is 8.84. The Balaban J connectivity index is 1.71. The lowest BCUT2D eigenvalue weighted by atomic mass is 10.2. The first-order valence-corrected chi connectivity index (χ1v) is 13.1. The summed E-state index contributed by atoms with van der Waals surface area (Å²) in [6.07, 6.45) is 0.127. The maximum atomic E-state index is 13.0. The molecule has 10 heteroatoms. The SMILES string of the molecule is CC(C)Oc1ccc(S(=O)(=O)N2CCOCC2)cc1NC(=O)CCSc1ccc(Cl)cc1. The number of thioether (sulfide) groups is 1. The molecule has 32 heavy (non-hydrogen) atoms. The van der Waals surface area contributed by atoms with Gasteiger partial charge in [0.15, 0.2) is 0 Å². The number of carbonyl (C=O) groups is 1. The second-order valence-electron chi connectivity index (χ2n) is 7.44. The molecule has 0 unspecified atom stereocenters. The van der Waals surface area contributed by atoms with Gasteiger partial charge < -0.3 is 14.8 Å². The molecular formula is C22H27ClN2O5S2. The highest BCUT2D eigenvalue weighted by atomic mass is 35.5. The van der Waals surface area contributed by atoms with Crippen LogP contribution in [0.5, 0.6) is 5.75 Å². The van der Waals surface area contributed by atoms with E-state index in [2.05, 4.69) is 5.32 Å². The summed E-state index contributed by atoms with van der Waals surface area (Å²) in [5, 5.41) is 3.48. The molecule has 3 rings (SSSR count). The highest BCUT2D eigenvalue weighted by Crippen LogP contribution is 2.31. The molecule has 1 aliphatic rings. The maximum Gasteiger partial charge on any atom is 0.243 e. The fraction of sp³-hybridized carbons (Fsp3) is 0.409. The van der Waals surface area contributed by atoms with Crippen molar-refractivity contribution < 1.29 is 22.7 Å². The molecule has 2 aromatic rings. The Bertz CT molecular complexity index is 1020. The van der Waals surface area contributed by atoms with E-state index in [1.165, 1.54) is 16.4 Å². The number of rotatable bonds is 9. The van der Waals surface area contributed by atoms with Crippen molar-refractivity contribution in [2.75, 3.05) is 37.4 Å². The van der Waals surface area contributed by atoms with Crippen molar-refractivity contribution in [1.82, 2.24) is 4.31 Å². The third-order valence-corrected chi connectivity index (χ3v) is 7.77. The highest BCUT2D eigenvalue weighted by molar-refractivity contribution is 7.99. The van der Waals surface area contributed by atoms with Gasteiger partial charge in [0, 0.05) is 35.2 Å². The lowest BCUT2D eigenvalue weighted by molar-refractivity contribution is -0.115. The van der Waals surface area contributed by atoms with Crippen LogP contribution in [0.3, 0.4) is 0 Å². The Morgan fingerprint density at radius 1 is 1.19 bits per heavy atom. The molecule has 0 aliphatic carbocycles. The Morgan fingerprint density at radius 2 is 1.88 bits per heavy atom. The molecule has 0 aromatic heterocycles. The van der Waals surface area contributed by atoms with E-state index in [0.29, 0.717) is 48.5 Å². The van der Waals surface area contributed by atoms with E-state index < -0.39 is 10.0 Å². The topological polar surface area (TPSA) is 84.9 Å².